The molecule has 0 N–H and O–H groups in total. The molecule has 0 radical (unpaired) electrons. The Balaban J connectivity index is 1.53. The maximum atomic E-state index is 12.9. The maximum absolute atomic E-state index is 12.9. The largest absolute Gasteiger partial charge is 0.338 e. The molecule has 4 nitrogen and oxygen atoms in total. The second-order valence-electron chi connectivity index (χ2n) is 7.75. The summed E-state index contributed by atoms with van der Waals surface area (Å²) in [5.74, 6) is 4.55. The summed E-state index contributed by atoms with van der Waals surface area (Å²) in [5, 5.41) is 0. The van der Waals surface area contributed by atoms with E-state index in [2.05, 4.69) is 28.7 Å². The van der Waals surface area contributed by atoms with E-state index in [4.69, 9.17) is 0 Å². The van der Waals surface area contributed by atoms with Gasteiger partial charge in [-0.2, -0.15) is 0 Å². The van der Waals surface area contributed by atoms with Crippen LogP contribution >= 0.6 is 0 Å². The van der Waals surface area contributed by atoms with Gasteiger partial charge >= 0.3 is 0 Å². The average Bonchev–Trinajstić information content (AvgIpc) is 3.18. The third-order valence-electron chi connectivity index (χ3n) is 6.17. The first-order valence-corrected chi connectivity index (χ1v) is 8.67. The van der Waals surface area contributed by atoms with Gasteiger partial charge in [-0.15, -0.1) is 0 Å². The van der Waals surface area contributed by atoms with E-state index in [-0.39, 0.29) is 5.91 Å². The number of amides is 1. The lowest BCUT2D eigenvalue weighted by molar-refractivity contribution is 0.0774. The van der Waals surface area contributed by atoms with E-state index >= 15 is 0 Å². The van der Waals surface area contributed by atoms with E-state index in [0.29, 0.717) is 11.5 Å². The number of rotatable bonds is 2. The molecule has 0 aromatic carbocycles. The van der Waals surface area contributed by atoms with Gasteiger partial charge in [0.2, 0.25) is 0 Å². The predicted molar refractivity (Wildman–Crippen MR) is 84.6 cm³/mol. The van der Waals surface area contributed by atoms with Crippen LogP contribution in [0.25, 0.3) is 0 Å². The fourth-order valence-corrected chi connectivity index (χ4v) is 4.99. The smallest absolute Gasteiger partial charge is 0.257 e. The molecule has 118 valence electrons. The molecule has 2 saturated carbocycles. The van der Waals surface area contributed by atoms with Crippen molar-refractivity contribution in [1.29, 1.82) is 0 Å². The SMILES string of the molecule is Cc1nc(C(C)C)ncc1C(=O)N1C[C@@H]2[C@@H]3CC[C@@H](C3)[C@@H]2C1. The van der Waals surface area contributed by atoms with Crippen LogP contribution in [0.2, 0.25) is 0 Å². The van der Waals surface area contributed by atoms with Gasteiger partial charge in [0.25, 0.3) is 5.91 Å². The number of hydrogen-bond donors (Lipinski definition) is 0. The minimum atomic E-state index is 0.140. The molecule has 1 aromatic rings. The highest BCUT2D eigenvalue weighted by Gasteiger charge is 2.52. The zero-order valence-corrected chi connectivity index (χ0v) is 13.7. The van der Waals surface area contributed by atoms with Gasteiger partial charge in [0.05, 0.1) is 11.3 Å². The minimum absolute atomic E-state index is 0.140. The van der Waals surface area contributed by atoms with Crippen LogP contribution in [0.4, 0.5) is 0 Å². The maximum Gasteiger partial charge on any atom is 0.257 e. The van der Waals surface area contributed by atoms with Crippen molar-refractivity contribution in [2.24, 2.45) is 23.7 Å². The van der Waals surface area contributed by atoms with E-state index in [0.717, 1.165) is 48.3 Å². The van der Waals surface area contributed by atoms with Gasteiger partial charge in [0, 0.05) is 25.2 Å². The number of carbonyl (C=O) groups excluding carboxylic acids is 1. The Bertz CT molecular complexity index is 594. The first kappa shape index (κ1) is 14.2. The van der Waals surface area contributed by atoms with Crippen LogP contribution in [0.1, 0.15) is 60.9 Å². The summed E-state index contributed by atoms with van der Waals surface area (Å²) in [5.41, 5.74) is 1.51. The Labute approximate surface area is 132 Å². The number of hydrogen-bond acceptors (Lipinski definition) is 3. The van der Waals surface area contributed by atoms with Gasteiger partial charge in [-0.25, -0.2) is 9.97 Å². The number of aromatic nitrogens is 2. The zero-order chi connectivity index (χ0) is 15.4. The molecular weight excluding hydrogens is 274 g/mol. The third kappa shape index (κ3) is 2.07. The molecule has 3 fully saturated rings. The fourth-order valence-electron chi connectivity index (χ4n) is 4.99. The molecule has 22 heavy (non-hydrogen) atoms. The highest BCUT2D eigenvalue weighted by atomic mass is 16.2. The lowest BCUT2D eigenvalue weighted by atomic mass is 9.82. The first-order valence-electron chi connectivity index (χ1n) is 8.67. The van der Waals surface area contributed by atoms with Gasteiger partial charge in [-0.1, -0.05) is 13.8 Å². The van der Waals surface area contributed by atoms with Gasteiger partial charge in [0.15, 0.2) is 0 Å². The molecule has 2 bridgehead atoms. The second kappa shape index (κ2) is 5.04. The molecule has 4 atom stereocenters. The summed E-state index contributed by atoms with van der Waals surface area (Å²) in [4.78, 5) is 23.8. The number of likely N-dealkylation sites (tertiary alicyclic amines) is 1. The molecule has 1 amide bonds. The molecular formula is C18H25N3O. The van der Waals surface area contributed by atoms with Crippen LogP contribution in [0.3, 0.4) is 0 Å². The minimum Gasteiger partial charge on any atom is -0.338 e. The Hall–Kier alpha value is -1.45. The van der Waals surface area contributed by atoms with Crippen molar-refractivity contribution in [1.82, 2.24) is 14.9 Å². The first-order chi connectivity index (χ1) is 10.5. The summed E-state index contributed by atoms with van der Waals surface area (Å²) in [7, 11) is 0. The lowest BCUT2D eigenvalue weighted by Gasteiger charge is -2.22. The van der Waals surface area contributed by atoms with Crippen molar-refractivity contribution in [3.05, 3.63) is 23.3 Å². The van der Waals surface area contributed by atoms with E-state index in [9.17, 15) is 4.79 Å². The van der Waals surface area contributed by atoms with Crippen LogP contribution in [0.5, 0.6) is 0 Å². The predicted octanol–water partition coefficient (Wildman–Crippen LogP) is 3.03. The Morgan fingerprint density at radius 2 is 1.86 bits per heavy atom. The monoisotopic (exact) mass is 299 g/mol. The molecule has 0 spiro atoms. The van der Waals surface area contributed by atoms with Gasteiger partial charge in [-0.3, -0.25) is 4.79 Å². The molecule has 4 heteroatoms. The molecule has 1 saturated heterocycles. The summed E-state index contributed by atoms with van der Waals surface area (Å²) in [6.45, 7) is 7.99. The molecule has 2 aliphatic carbocycles. The van der Waals surface area contributed by atoms with Gasteiger partial charge in [-0.05, 0) is 49.9 Å². The quantitative estimate of drug-likeness (QED) is 0.843. The summed E-state index contributed by atoms with van der Waals surface area (Å²) >= 11 is 0. The molecule has 0 unspecified atom stereocenters. The average molecular weight is 299 g/mol. The summed E-state index contributed by atoms with van der Waals surface area (Å²) in [6.07, 6.45) is 5.93. The van der Waals surface area contributed by atoms with Crippen molar-refractivity contribution in [3.63, 3.8) is 0 Å². The van der Waals surface area contributed by atoms with Crippen molar-refractivity contribution in [2.75, 3.05) is 13.1 Å². The van der Waals surface area contributed by atoms with Crippen molar-refractivity contribution in [2.45, 2.75) is 46.0 Å². The highest BCUT2D eigenvalue weighted by molar-refractivity contribution is 5.95. The van der Waals surface area contributed by atoms with E-state index in [1.807, 2.05) is 6.92 Å². The van der Waals surface area contributed by atoms with Crippen LogP contribution in [-0.2, 0) is 0 Å². The molecule has 2 heterocycles. The molecule has 1 aliphatic heterocycles. The van der Waals surface area contributed by atoms with E-state index in [1.54, 1.807) is 6.20 Å². The number of aryl methyl sites for hydroxylation is 1. The van der Waals surface area contributed by atoms with Crippen molar-refractivity contribution in [3.8, 4) is 0 Å². The number of carbonyl (C=O) groups is 1. The molecule has 1 aromatic heterocycles. The molecule has 3 aliphatic rings. The van der Waals surface area contributed by atoms with Crippen molar-refractivity contribution >= 4 is 5.91 Å². The second-order valence-corrected chi connectivity index (χ2v) is 7.75. The number of fused-ring (bicyclic) bond motifs is 5. The van der Waals surface area contributed by atoms with Crippen molar-refractivity contribution < 1.29 is 4.79 Å². The third-order valence-corrected chi connectivity index (χ3v) is 6.17. The summed E-state index contributed by atoms with van der Waals surface area (Å²) < 4.78 is 0. The normalized spacial score (nSPS) is 32.8. The number of nitrogens with zero attached hydrogens (tertiary/aromatic N) is 3. The fraction of sp³-hybridized carbons (Fsp3) is 0.722. The van der Waals surface area contributed by atoms with Gasteiger partial charge in [0.1, 0.15) is 5.82 Å². The Morgan fingerprint density at radius 1 is 1.23 bits per heavy atom. The molecule has 4 rings (SSSR count). The van der Waals surface area contributed by atoms with Crippen LogP contribution < -0.4 is 0 Å². The Morgan fingerprint density at radius 3 is 2.41 bits per heavy atom. The van der Waals surface area contributed by atoms with Crippen LogP contribution in [0, 0.1) is 30.6 Å². The highest BCUT2D eigenvalue weighted by Crippen LogP contribution is 2.55. The lowest BCUT2D eigenvalue weighted by Crippen LogP contribution is -2.31. The summed E-state index contributed by atoms with van der Waals surface area (Å²) in [6, 6.07) is 0. The van der Waals surface area contributed by atoms with Gasteiger partial charge < -0.3 is 4.90 Å². The van der Waals surface area contributed by atoms with E-state index in [1.165, 1.54) is 19.3 Å². The van der Waals surface area contributed by atoms with Crippen LogP contribution in [0.15, 0.2) is 6.20 Å². The standard InChI is InChI=1S/C18H25N3O/c1-10(2)17-19-7-14(11(3)20-17)18(22)21-8-15-12-4-5-13(6-12)16(15)9-21/h7,10,12-13,15-16H,4-6,8-9H2,1-3H3/t12-,13+,15-,16+. The Kier molecular flexibility index (Phi) is 3.24. The van der Waals surface area contributed by atoms with Crippen LogP contribution in [-0.4, -0.2) is 33.9 Å². The topological polar surface area (TPSA) is 46.1 Å². The van der Waals surface area contributed by atoms with E-state index < -0.39 is 0 Å². The zero-order valence-electron chi connectivity index (χ0n) is 13.7.